The number of amides is 1. The molecule has 0 unspecified atom stereocenters. The first-order chi connectivity index (χ1) is 8.58. The summed E-state index contributed by atoms with van der Waals surface area (Å²) in [5, 5.41) is 6.94. The van der Waals surface area contributed by atoms with E-state index >= 15 is 0 Å². The maximum atomic E-state index is 11.5. The Hall–Kier alpha value is -1.52. The molecule has 94 valence electrons. The number of carbonyl (C=O) groups is 1. The number of carbonyl (C=O) groups excluding carboxylic acids is 1. The molecule has 4 nitrogen and oxygen atoms in total. The lowest BCUT2D eigenvalue weighted by Crippen LogP contribution is -2.20. The Morgan fingerprint density at radius 3 is 2.61 bits per heavy atom. The molecule has 0 saturated carbocycles. The Bertz CT molecular complexity index is 552. The van der Waals surface area contributed by atoms with E-state index in [4.69, 9.17) is 23.2 Å². The van der Waals surface area contributed by atoms with Crippen molar-refractivity contribution in [2.75, 3.05) is 5.32 Å². The number of nitrogens with zero attached hydrogens (tertiary/aromatic N) is 2. The van der Waals surface area contributed by atoms with Crippen molar-refractivity contribution in [3.05, 3.63) is 42.1 Å². The van der Waals surface area contributed by atoms with Crippen molar-refractivity contribution in [2.24, 2.45) is 0 Å². The van der Waals surface area contributed by atoms with E-state index in [1.165, 1.54) is 0 Å². The molecule has 0 aliphatic carbocycles. The molecule has 0 saturated heterocycles. The topological polar surface area (TPSA) is 46.9 Å². The molecular formula is C12H11Cl2N3O. The zero-order chi connectivity index (χ0) is 13.1. The van der Waals surface area contributed by atoms with Gasteiger partial charge in [0.05, 0.1) is 11.4 Å². The van der Waals surface area contributed by atoms with Gasteiger partial charge in [-0.2, -0.15) is 5.10 Å². The molecule has 1 amide bonds. The fourth-order valence-corrected chi connectivity index (χ4v) is 1.64. The van der Waals surface area contributed by atoms with Gasteiger partial charge in [-0.3, -0.25) is 4.79 Å². The number of nitrogens with one attached hydrogen (secondary N) is 1. The second kappa shape index (κ2) is 5.42. The first-order valence-corrected chi connectivity index (χ1v) is 6.16. The summed E-state index contributed by atoms with van der Waals surface area (Å²) in [6.07, 6.45) is 0. The number of para-hydroxylation sites is 1. The molecule has 1 aromatic carbocycles. The van der Waals surface area contributed by atoms with Gasteiger partial charge in [0, 0.05) is 6.07 Å². The number of hydrogen-bond donors (Lipinski definition) is 1. The Labute approximate surface area is 115 Å². The molecule has 1 heterocycles. The molecule has 0 aliphatic heterocycles. The largest absolute Gasteiger partial charge is 0.308 e. The SMILES string of the molecule is Cc1cc(NC(=O)C(Cl)Cl)n(-c2ccccc2)n1. The summed E-state index contributed by atoms with van der Waals surface area (Å²) in [6.45, 7) is 1.84. The molecule has 0 radical (unpaired) electrons. The standard InChI is InChI=1S/C12H11Cl2N3O/c1-8-7-10(15-12(18)11(13)14)17(16-8)9-5-3-2-4-6-9/h2-7,11H,1H3,(H,15,18). The highest BCUT2D eigenvalue weighted by atomic mass is 35.5. The van der Waals surface area contributed by atoms with Crippen molar-refractivity contribution in [1.29, 1.82) is 0 Å². The summed E-state index contributed by atoms with van der Waals surface area (Å²) >= 11 is 11.0. The minimum absolute atomic E-state index is 0.476. The molecular weight excluding hydrogens is 273 g/mol. The zero-order valence-corrected chi connectivity index (χ0v) is 11.1. The van der Waals surface area contributed by atoms with Gasteiger partial charge in [0.2, 0.25) is 0 Å². The van der Waals surface area contributed by atoms with Crippen LogP contribution in [0.5, 0.6) is 0 Å². The average molecular weight is 284 g/mol. The van der Waals surface area contributed by atoms with Crippen molar-refractivity contribution in [2.45, 2.75) is 11.8 Å². The van der Waals surface area contributed by atoms with Gasteiger partial charge in [-0.15, -0.1) is 0 Å². The van der Waals surface area contributed by atoms with Gasteiger partial charge in [-0.05, 0) is 19.1 Å². The maximum Gasteiger partial charge on any atom is 0.258 e. The van der Waals surface area contributed by atoms with Crippen LogP contribution in [0.3, 0.4) is 0 Å². The van der Waals surface area contributed by atoms with Gasteiger partial charge in [-0.1, -0.05) is 41.4 Å². The first kappa shape index (κ1) is 12.9. The number of hydrogen-bond acceptors (Lipinski definition) is 2. The van der Waals surface area contributed by atoms with Crippen LogP contribution in [0.15, 0.2) is 36.4 Å². The molecule has 1 aromatic heterocycles. The molecule has 0 atom stereocenters. The number of anilines is 1. The van der Waals surface area contributed by atoms with Gasteiger partial charge >= 0.3 is 0 Å². The van der Waals surface area contributed by atoms with E-state index in [2.05, 4.69) is 10.4 Å². The van der Waals surface area contributed by atoms with E-state index in [1.807, 2.05) is 37.3 Å². The lowest BCUT2D eigenvalue weighted by molar-refractivity contribution is -0.114. The monoisotopic (exact) mass is 283 g/mol. The van der Waals surface area contributed by atoms with Gasteiger partial charge in [-0.25, -0.2) is 4.68 Å². The van der Waals surface area contributed by atoms with Crippen molar-refractivity contribution in [3.8, 4) is 5.69 Å². The fourth-order valence-electron chi connectivity index (χ4n) is 1.54. The van der Waals surface area contributed by atoms with E-state index in [1.54, 1.807) is 10.7 Å². The summed E-state index contributed by atoms with van der Waals surface area (Å²) in [4.78, 5) is 10.4. The van der Waals surface area contributed by atoms with Crippen molar-refractivity contribution >= 4 is 34.9 Å². The van der Waals surface area contributed by atoms with Gasteiger partial charge in [0.1, 0.15) is 5.82 Å². The van der Waals surface area contributed by atoms with Crippen LogP contribution >= 0.6 is 23.2 Å². The Balaban J connectivity index is 2.35. The van der Waals surface area contributed by atoms with E-state index in [0.29, 0.717) is 5.82 Å². The second-order valence-electron chi connectivity index (χ2n) is 3.71. The molecule has 0 aliphatic rings. The third-order valence-corrected chi connectivity index (χ3v) is 2.68. The zero-order valence-electron chi connectivity index (χ0n) is 9.60. The number of halogens is 2. The van der Waals surface area contributed by atoms with E-state index < -0.39 is 10.7 Å². The van der Waals surface area contributed by atoms with Crippen LogP contribution in [0.1, 0.15) is 5.69 Å². The third-order valence-electron chi connectivity index (χ3n) is 2.28. The number of aryl methyl sites for hydroxylation is 1. The van der Waals surface area contributed by atoms with Crippen LogP contribution in [0.25, 0.3) is 5.69 Å². The van der Waals surface area contributed by atoms with E-state index in [-0.39, 0.29) is 0 Å². The third kappa shape index (κ3) is 2.83. The second-order valence-corrected chi connectivity index (χ2v) is 4.80. The molecule has 2 rings (SSSR count). The minimum atomic E-state index is -1.11. The number of benzene rings is 1. The molecule has 0 fully saturated rings. The predicted molar refractivity (Wildman–Crippen MR) is 72.4 cm³/mol. The van der Waals surface area contributed by atoms with Crippen LogP contribution in [-0.2, 0) is 4.79 Å². The Morgan fingerprint density at radius 1 is 1.33 bits per heavy atom. The highest BCUT2D eigenvalue weighted by molar-refractivity contribution is 6.54. The molecule has 0 spiro atoms. The van der Waals surface area contributed by atoms with Gasteiger partial charge in [0.25, 0.3) is 5.91 Å². The summed E-state index contributed by atoms with van der Waals surface area (Å²) < 4.78 is 1.63. The van der Waals surface area contributed by atoms with Crippen molar-refractivity contribution in [3.63, 3.8) is 0 Å². The molecule has 0 bridgehead atoms. The quantitative estimate of drug-likeness (QED) is 0.881. The fraction of sp³-hybridized carbons (Fsp3) is 0.167. The number of rotatable bonds is 3. The van der Waals surface area contributed by atoms with E-state index in [0.717, 1.165) is 11.4 Å². The lowest BCUT2D eigenvalue weighted by Gasteiger charge is -2.08. The van der Waals surface area contributed by atoms with Crippen LogP contribution in [-0.4, -0.2) is 20.5 Å². The smallest absolute Gasteiger partial charge is 0.258 e. The number of aromatic nitrogens is 2. The predicted octanol–water partition coefficient (Wildman–Crippen LogP) is 2.92. The van der Waals surface area contributed by atoms with Crippen LogP contribution in [0.4, 0.5) is 5.82 Å². The minimum Gasteiger partial charge on any atom is -0.308 e. The molecule has 18 heavy (non-hydrogen) atoms. The van der Waals surface area contributed by atoms with Gasteiger partial charge < -0.3 is 5.32 Å². The van der Waals surface area contributed by atoms with Crippen LogP contribution < -0.4 is 5.32 Å². The average Bonchev–Trinajstić information content (AvgIpc) is 2.71. The molecule has 6 heteroatoms. The maximum absolute atomic E-state index is 11.5. The molecule has 1 N–H and O–H groups in total. The normalized spacial score (nSPS) is 10.7. The van der Waals surface area contributed by atoms with Crippen molar-refractivity contribution in [1.82, 2.24) is 9.78 Å². The highest BCUT2D eigenvalue weighted by Gasteiger charge is 2.15. The molecule has 2 aromatic rings. The van der Waals surface area contributed by atoms with Crippen LogP contribution in [0.2, 0.25) is 0 Å². The lowest BCUT2D eigenvalue weighted by atomic mass is 10.3. The van der Waals surface area contributed by atoms with Gasteiger partial charge in [0.15, 0.2) is 4.84 Å². The van der Waals surface area contributed by atoms with Crippen molar-refractivity contribution < 1.29 is 4.79 Å². The Kier molecular flexibility index (Phi) is 3.89. The first-order valence-electron chi connectivity index (χ1n) is 5.29. The number of alkyl halides is 2. The summed E-state index contributed by atoms with van der Waals surface area (Å²) in [7, 11) is 0. The summed E-state index contributed by atoms with van der Waals surface area (Å²) in [5.41, 5.74) is 1.64. The Morgan fingerprint density at radius 2 is 2.00 bits per heavy atom. The summed E-state index contributed by atoms with van der Waals surface area (Å²) in [5.74, 6) is 0.0606. The summed E-state index contributed by atoms with van der Waals surface area (Å²) in [6, 6.07) is 11.2. The highest BCUT2D eigenvalue weighted by Crippen LogP contribution is 2.18. The van der Waals surface area contributed by atoms with E-state index in [9.17, 15) is 4.79 Å². The van der Waals surface area contributed by atoms with Crippen LogP contribution in [0, 0.1) is 6.92 Å².